The first-order chi connectivity index (χ1) is 18.4. The van der Waals surface area contributed by atoms with Gasteiger partial charge in [0.05, 0.1) is 25.1 Å². The lowest BCUT2D eigenvalue weighted by molar-refractivity contribution is -0.161. The number of carbonyl (C=O) groups excluding carboxylic acids is 2. The number of rotatable bonds is 9. The number of hydrogen-bond acceptors (Lipinski definition) is 7. The van der Waals surface area contributed by atoms with Crippen LogP contribution in [0.25, 0.3) is 5.57 Å². The van der Waals surface area contributed by atoms with Crippen LogP contribution in [0.5, 0.6) is 5.75 Å². The number of benzene rings is 2. The Bertz CT molecular complexity index is 1360. The molecule has 0 spiro atoms. The fourth-order valence-electron chi connectivity index (χ4n) is 5.27. The Hall–Kier alpha value is -3.37. The lowest BCUT2D eigenvalue weighted by atomic mass is 9.90. The Balaban J connectivity index is 1.46. The van der Waals surface area contributed by atoms with E-state index in [0.29, 0.717) is 18.4 Å². The number of esters is 1. The summed E-state index contributed by atoms with van der Waals surface area (Å²) in [4.78, 5) is 28.6. The zero-order chi connectivity index (χ0) is 28.5. The second kappa shape index (κ2) is 11.0. The van der Waals surface area contributed by atoms with Gasteiger partial charge in [0.2, 0.25) is 15.9 Å². The first-order valence-corrected chi connectivity index (χ1v) is 14.6. The summed E-state index contributed by atoms with van der Waals surface area (Å²) in [5, 5.41) is 0. The van der Waals surface area contributed by atoms with Crippen LogP contribution in [-0.2, 0) is 24.3 Å². The van der Waals surface area contributed by atoms with Crippen LogP contribution in [0.1, 0.15) is 40.2 Å². The minimum atomic E-state index is -4.08. The van der Waals surface area contributed by atoms with Gasteiger partial charge in [-0.2, -0.15) is 4.72 Å². The van der Waals surface area contributed by atoms with E-state index >= 15 is 0 Å². The van der Waals surface area contributed by atoms with Crippen molar-refractivity contribution in [2.24, 2.45) is 5.92 Å². The van der Waals surface area contributed by atoms with Crippen LogP contribution in [0.3, 0.4) is 0 Å². The third-order valence-electron chi connectivity index (χ3n) is 7.13. The average Bonchev–Trinajstić information content (AvgIpc) is 2.88. The molecule has 1 saturated heterocycles. The molecule has 0 aliphatic carbocycles. The smallest absolute Gasteiger partial charge is 0.330 e. The first kappa shape index (κ1) is 28.6. The number of fused-ring (bicyclic) bond motifs is 1. The van der Waals surface area contributed by atoms with Gasteiger partial charge in [-0.3, -0.25) is 4.79 Å². The molecule has 4 rings (SSSR count). The third kappa shape index (κ3) is 5.67. The summed E-state index contributed by atoms with van der Waals surface area (Å²) in [6.45, 7) is 10.2. The molecule has 1 atom stereocenters. The van der Waals surface area contributed by atoms with E-state index in [1.54, 1.807) is 26.0 Å². The molecule has 0 bridgehead atoms. The van der Waals surface area contributed by atoms with E-state index in [4.69, 9.17) is 9.47 Å². The quantitative estimate of drug-likeness (QED) is 0.473. The Morgan fingerprint density at radius 3 is 2.28 bits per heavy atom. The van der Waals surface area contributed by atoms with Crippen molar-refractivity contribution in [3.8, 4) is 5.75 Å². The molecule has 9 nitrogen and oxygen atoms in total. The van der Waals surface area contributed by atoms with E-state index in [0.717, 1.165) is 16.8 Å². The van der Waals surface area contributed by atoms with Crippen molar-refractivity contribution < 1.29 is 27.5 Å². The van der Waals surface area contributed by atoms with Gasteiger partial charge in [0, 0.05) is 29.3 Å². The maximum atomic E-state index is 13.2. The minimum Gasteiger partial charge on any atom is -0.489 e. The maximum Gasteiger partial charge on any atom is 0.330 e. The Labute approximate surface area is 230 Å². The molecule has 0 aromatic heterocycles. The van der Waals surface area contributed by atoms with Crippen molar-refractivity contribution in [1.82, 2.24) is 9.62 Å². The van der Waals surface area contributed by atoms with E-state index in [-0.39, 0.29) is 35.9 Å². The number of amides is 1. The standard InChI is InChI=1S/C29H37N3O6S/c1-19(2)27(33)31-17-29(18-31,28(34)37-6)30-39(35,36)24-13-11-23(12-14-24)38-16-22-15-21(5)32(20(3)4)26-10-8-7-9-25(22)26/h7-15,19-21,30H,16-18H2,1-6H3. The number of para-hydroxylation sites is 1. The van der Waals surface area contributed by atoms with Crippen LogP contribution >= 0.6 is 0 Å². The number of carbonyl (C=O) groups is 2. The summed E-state index contributed by atoms with van der Waals surface area (Å²) >= 11 is 0. The molecule has 1 N–H and O–H groups in total. The minimum absolute atomic E-state index is 0.0183. The highest BCUT2D eigenvalue weighted by molar-refractivity contribution is 7.89. The number of ether oxygens (including phenoxy) is 2. The molecule has 2 aromatic rings. The molecular weight excluding hydrogens is 518 g/mol. The maximum absolute atomic E-state index is 13.2. The topological polar surface area (TPSA) is 105 Å². The van der Waals surface area contributed by atoms with Crippen LogP contribution < -0.4 is 14.4 Å². The molecule has 0 radical (unpaired) electrons. The van der Waals surface area contributed by atoms with E-state index in [9.17, 15) is 18.0 Å². The largest absolute Gasteiger partial charge is 0.489 e. The second-order valence-electron chi connectivity index (χ2n) is 10.7. The molecule has 0 saturated carbocycles. The van der Waals surface area contributed by atoms with Crippen molar-refractivity contribution in [3.05, 3.63) is 60.2 Å². The zero-order valence-electron chi connectivity index (χ0n) is 23.3. The molecule has 210 valence electrons. The highest BCUT2D eigenvalue weighted by Crippen LogP contribution is 2.36. The monoisotopic (exact) mass is 555 g/mol. The van der Waals surface area contributed by atoms with Crippen molar-refractivity contribution in [3.63, 3.8) is 0 Å². The van der Waals surface area contributed by atoms with Gasteiger partial charge in [0.15, 0.2) is 5.54 Å². The Kier molecular flexibility index (Phi) is 8.09. The van der Waals surface area contributed by atoms with E-state index in [1.807, 2.05) is 12.1 Å². The molecule has 1 amide bonds. The lowest BCUT2D eigenvalue weighted by Gasteiger charge is -2.48. The SMILES string of the molecule is COC(=O)C1(NS(=O)(=O)c2ccc(OCC3=CC(C)N(C(C)C)c4ccccc43)cc2)CN(C(=O)C(C)C)C1. The summed E-state index contributed by atoms with van der Waals surface area (Å²) in [6, 6.07) is 14.8. The average molecular weight is 556 g/mol. The first-order valence-electron chi connectivity index (χ1n) is 13.1. The molecule has 2 aliphatic heterocycles. The summed E-state index contributed by atoms with van der Waals surface area (Å²) in [6.07, 6.45) is 2.20. The van der Waals surface area contributed by atoms with Gasteiger partial charge in [-0.05, 0) is 56.7 Å². The van der Waals surface area contributed by atoms with Crippen molar-refractivity contribution in [2.75, 3.05) is 31.7 Å². The fraction of sp³-hybridized carbons (Fsp3) is 0.448. The molecule has 2 aromatic carbocycles. The molecule has 2 heterocycles. The highest BCUT2D eigenvalue weighted by Gasteiger charge is 2.54. The van der Waals surface area contributed by atoms with Crippen LogP contribution in [-0.4, -0.2) is 69.6 Å². The number of likely N-dealkylation sites (tertiary alicyclic amines) is 1. The van der Waals surface area contributed by atoms with Gasteiger partial charge in [-0.15, -0.1) is 0 Å². The number of nitrogens with one attached hydrogen (secondary N) is 1. The van der Waals surface area contributed by atoms with Crippen LogP contribution in [0.15, 0.2) is 59.5 Å². The Morgan fingerprint density at radius 1 is 1.05 bits per heavy atom. The van der Waals surface area contributed by atoms with Gasteiger partial charge in [-0.1, -0.05) is 38.1 Å². The van der Waals surface area contributed by atoms with E-state index in [2.05, 4.69) is 48.6 Å². The fourth-order valence-corrected chi connectivity index (χ4v) is 6.61. The molecular formula is C29H37N3O6S. The predicted octanol–water partition coefficient (Wildman–Crippen LogP) is 3.45. The molecule has 10 heteroatoms. The van der Waals surface area contributed by atoms with Gasteiger partial charge in [0.25, 0.3) is 0 Å². The van der Waals surface area contributed by atoms with Crippen molar-refractivity contribution in [1.29, 1.82) is 0 Å². The molecule has 39 heavy (non-hydrogen) atoms. The van der Waals surface area contributed by atoms with Gasteiger partial charge < -0.3 is 19.3 Å². The summed E-state index contributed by atoms with van der Waals surface area (Å²) in [7, 11) is -2.89. The highest BCUT2D eigenvalue weighted by atomic mass is 32.2. The van der Waals surface area contributed by atoms with Crippen LogP contribution in [0.4, 0.5) is 5.69 Å². The zero-order valence-corrected chi connectivity index (χ0v) is 24.1. The summed E-state index contributed by atoms with van der Waals surface area (Å²) in [5.41, 5.74) is 1.83. The number of sulfonamides is 1. The number of methoxy groups -OCH3 is 1. The second-order valence-corrected chi connectivity index (χ2v) is 12.4. The van der Waals surface area contributed by atoms with Crippen molar-refractivity contribution in [2.45, 2.75) is 57.1 Å². The predicted molar refractivity (Wildman–Crippen MR) is 150 cm³/mol. The molecule has 1 fully saturated rings. The third-order valence-corrected chi connectivity index (χ3v) is 8.68. The number of nitrogens with zero attached hydrogens (tertiary/aromatic N) is 2. The molecule has 1 unspecified atom stereocenters. The number of hydrogen-bond donors (Lipinski definition) is 1. The summed E-state index contributed by atoms with van der Waals surface area (Å²) < 4.78 is 39.7. The van der Waals surface area contributed by atoms with Crippen molar-refractivity contribution >= 4 is 33.2 Å². The number of anilines is 1. The van der Waals surface area contributed by atoms with E-state index in [1.165, 1.54) is 24.1 Å². The summed E-state index contributed by atoms with van der Waals surface area (Å²) in [5.74, 6) is -0.631. The van der Waals surface area contributed by atoms with Crippen LogP contribution in [0, 0.1) is 5.92 Å². The van der Waals surface area contributed by atoms with E-state index < -0.39 is 21.5 Å². The Morgan fingerprint density at radius 2 is 1.69 bits per heavy atom. The van der Waals surface area contributed by atoms with Gasteiger partial charge in [0.1, 0.15) is 12.4 Å². The molecule has 2 aliphatic rings. The normalized spacial score (nSPS) is 18.4. The van der Waals surface area contributed by atoms with Crippen LogP contribution in [0.2, 0.25) is 0 Å². The lowest BCUT2D eigenvalue weighted by Crippen LogP contribution is -2.75. The van der Waals surface area contributed by atoms with Gasteiger partial charge in [-0.25, -0.2) is 13.2 Å². The van der Waals surface area contributed by atoms with Gasteiger partial charge >= 0.3 is 5.97 Å².